The van der Waals surface area contributed by atoms with Gasteiger partial charge in [0.15, 0.2) is 0 Å². The Kier molecular flexibility index (Phi) is 3.59. The fraction of sp³-hybridized carbons (Fsp3) is 0.333. The van der Waals surface area contributed by atoms with Crippen LogP contribution in [0.4, 0.5) is 11.4 Å². The average molecular weight is 231 g/mol. The third-order valence-corrected chi connectivity index (χ3v) is 2.64. The SMILES string of the molecule is Cc1ccc(NCCCn2ccnn2)cc1N. The number of benzene rings is 1. The van der Waals surface area contributed by atoms with Crippen molar-refractivity contribution in [1.29, 1.82) is 0 Å². The number of aromatic nitrogens is 3. The zero-order chi connectivity index (χ0) is 12.1. The van der Waals surface area contributed by atoms with Crippen molar-refractivity contribution in [2.24, 2.45) is 0 Å². The monoisotopic (exact) mass is 231 g/mol. The van der Waals surface area contributed by atoms with Gasteiger partial charge >= 0.3 is 0 Å². The van der Waals surface area contributed by atoms with E-state index in [-0.39, 0.29) is 0 Å². The second kappa shape index (κ2) is 5.34. The first-order chi connectivity index (χ1) is 8.25. The summed E-state index contributed by atoms with van der Waals surface area (Å²) in [4.78, 5) is 0. The van der Waals surface area contributed by atoms with E-state index < -0.39 is 0 Å². The summed E-state index contributed by atoms with van der Waals surface area (Å²) < 4.78 is 1.82. The summed E-state index contributed by atoms with van der Waals surface area (Å²) in [6, 6.07) is 6.03. The predicted octanol–water partition coefficient (Wildman–Crippen LogP) is 1.67. The van der Waals surface area contributed by atoms with Gasteiger partial charge in [-0.3, -0.25) is 4.68 Å². The molecule has 0 aliphatic heterocycles. The van der Waals surface area contributed by atoms with Crippen molar-refractivity contribution in [1.82, 2.24) is 15.0 Å². The largest absolute Gasteiger partial charge is 0.398 e. The predicted molar refractivity (Wildman–Crippen MR) is 68.7 cm³/mol. The molecule has 5 nitrogen and oxygen atoms in total. The van der Waals surface area contributed by atoms with Crippen molar-refractivity contribution < 1.29 is 0 Å². The molecule has 90 valence electrons. The second-order valence-electron chi connectivity index (χ2n) is 4.02. The Morgan fingerprint density at radius 3 is 3.00 bits per heavy atom. The third-order valence-electron chi connectivity index (χ3n) is 2.64. The summed E-state index contributed by atoms with van der Waals surface area (Å²) >= 11 is 0. The molecule has 0 amide bonds. The normalized spacial score (nSPS) is 10.4. The zero-order valence-electron chi connectivity index (χ0n) is 9.93. The number of nitrogens with one attached hydrogen (secondary N) is 1. The Morgan fingerprint density at radius 2 is 2.29 bits per heavy atom. The molecule has 0 bridgehead atoms. The number of rotatable bonds is 5. The number of nitrogens with two attached hydrogens (primary N) is 1. The smallest absolute Gasteiger partial charge is 0.0692 e. The van der Waals surface area contributed by atoms with Crippen LogP contribution in [0.1, 0.15) is 12.0 Å². The summed E-state index contributed by atoms with van der Waals surface area (Å²) in [5, 5.41) is 11.0. The summed E-state index contributed by atoms with van der Waals surface area (Å²) in [6.45, 7) is 3.76. The van der Waals surface area contributed by atoms with Crippen LogP contribution < -0.4 is 11.1 Å². The lowest BCUT2D eigenvalue weighted by Gasteiger charge is -2.08. The number of hydrogen-bond acceptors (Lipinski definition) is 4. The summed E-state index contributed by atoms with van der Waals surface area (Å²) in [5.41, 5.74) is 8.84. The van der Waals surface area contributed by atoms with Crippen LogP contribution in [0.15, 0.2) is 30.6 Å². The quantitative estimate of drug-likeness (QED) is 0.606. The molecule has 3 N–H and O–H groups in total. The molecule has 2 rings (SSSR count). The highest BCUT2D eigenvalue weighted by molar-refractivity contribution is 5.58. The van der Waals surface area contributed by atoms with Gasteiger partial charge in [-0.2, -0.15) is 0 Å². The molecule has 0 saturated carbocycles. The van der Waals surface area contributed by atoms with E-state index >= 15 is 0 Å². The van der Waals surface area contributed by atoms with E-state index in [1.54, 1.807) is 6.20 Å². The molecule has 1 aromatic carbocycles. The highest BCUT2D eigenvalue weighted by Gasteiger charge is 1.96. The minimum absolute atomic E-state index is 0.825. The van der Waals surface area contributed by atoms with E-state index in [9.17, 15) is 0 Å². The summed E-state index contributed by atoms with van der Waals surface area (Å²) in [6.07, 6.45) is 4.55. The number of nitrogen functional groups attached to an aromatic ring is 1. The van der Waals surface area contributed by atoms with Crippen molar-refractivity contribution in [3.8, 4) is 0 Å². The van der Waals surface area contributed by atoms with Gasteiger partial charge in [-0.25, -0.2) is 0 Å². The zero-order valence-corrected chi connectivity index (χ0v) is 9.93. The molecular formula is C12H17N5. The average Bonchev–Trinajstić information content (AvgIpc) is 2.82. The van der Waals surface area contributed by atoms with Crippen LogP contribution in [0, 0.1) is 6.92 Å². The van der Waals surface area contributed by atoms with Gasteiger partial charge in [0.1, 0.15) is 0 Å². The Labute approximate surface area is 101 Å². The van der Waals surface area contributed by atoms with E-state index in [1.165, 1.54) is 0 Å². The van der Waals surface area contributed by atoms with Gasteiger partial charge in [0.2, 0.25) is 0 Å². The minimum atomic E-state index is 0.825. The highest BCUT2D eigenvalue weighted by atomic mass is 15.4. The molecular weight excluding hydrogens is 214 g/mol. The maximum Gasteiger partial charge on any atom is 0.0692 e. The molecule has 0 radical (unpaired) electrons. The lowest BCUT2D eigenvalue weighted by Crippen LogP contribution is -2.07. The van der Waals surface area contributed by atoms with Crippen LogP contribution in [0.3, 0.4) is 0 Å². The Morgan fingerprint density at radius 1 is 1.41 bits per heavy atom. The Balaban J connectivity index is 1.76. The van der Waals surface area contributed by atoms with Gasteiger partial charge in [-0.15, -0.1) is 5.10 Å². The van der Waals surface area contributed by atoms with Gasteiger partial charge in [0.05, 0.1) is 6.20 Å². The first-order valence-corrected chi connectivity index (χ1v) is 5.70. The second-order valence-corrected chi connectivity index (χ2v) is 4.02. The van der Waals surface area contributed by atoms with Gasteiger partial charge in [-0.1, -0.05) is 11.3 Å². The van der Waals surface area contributed by atoms with E-state index in [0.717, 1.165) is 36.4 Å². The van der Waals surface area contributed by atoms with Gasteiger partial charge in [0.25, 0.3) is 0 Å². The van der Waals surface area contributed by atoms with E-state index in [4.69, 9.17) is 5.73 Å². The summed E-state index contributed by atoms with van der Waals surface area (Å²) in [5.74, 6) is 0. The van der Waals surface area contributed by atoms with Gasteiger partial charge in [0, 0.05) is 30.7 Å². The molecule has 0 saturated heterocycles. The Bertz CT molecular complexity index is 464. The first kappa shape index (κ1) is 11.4. The maximum atomic E-state index is 5.84. The maximum absolute atomic E-state index is 5.84. The van der Waals surface area contributed by atoms with Crippen molar-refractivity contribution in [2.75, 3.05) is 17.6 Å². The van der Waals surface area contributed by atoms with Crippen LogP contribution in [0.2, 0.25) is 0 Å². The minimum Gasteiger partial charge on any atom is -0.398 e. The topological polar surface area (TPSA) is 68.8 Å². The Hall–Kier alpha value is -2.04. The third kappa shape index (κ3) is 3.21. The number of nitrogens with zero attached hydrogens (tertiary/aromatic N) is 3. The van der Waals surface area contributed by atoms with Crippen molar-refractivity contribution in [3.05, 3.63) is 36.2 Å². The first-order valence-electron chi connectivity index (χ1n) is 5.70. The van der Waals surface area contributed by atoms with E-state index in [0.29, 0.717) is 0 Å². The molecule has 1 heterocycles. The number of aryl methyl sites for hydroxylation is 2. The molecule has 0 unspecified atom stereocenters. The standard InChI is InChI=1S/C12H17N5/c1-10-3-4-11(9-12(10)13)14-5-2-7-17-8-6-15-16-17/h3-4,6,8-9,14H,2,5,7,13H2,1H3. The van der Waals surface area contributed by atoms with E-state index in [1.807, 2.05) is 36.0 Å². The molecule has 17 heavy (non-hydrogen) atoms. The van der Waals surface area contributed by atoms with Crippen LogP contribution in [-0.2, 0) is 6.54 Å². The molecule has 1 aromatic heterocycles. The number of hydrogen-bond donors (Lipinski definition) is 2. The van der Waals surface area contributed by atoms with Crippen molar-refractivity contribution in [3.63, 3.8) is 0 Å². The molecule has 5 heteroatoms. The molecule has 0 atom stereocenters. The summed E-state index contributed by atoms with van der Waals surface area (Å²) in [7, 11) is 0. The lowest BCUT2D eigenvalue weighted by atomic mass is 10.2. The van der Waals surface area contributed by atoms with Crippen LogP contribution in [0.5, 0.6) is 0 Å². The molecule has 0 spiro atoms. The fourth-order valence-corrected chi connectivity index (χ4v) is 1.58. The number of anilines is 2. The lowest BCUT2D eigenvalue weighted by molar-refractivity contribution is 0.570. The van der Waals surface area contributed by atoms with Crippen LogP contribution in [-0.4, -0.2) is 21.5 Å². The molecule has 0 aliphatic carbocycles. The van der Waals surface area contributed by atoms with Crippen LogP contribution in [0.25, 0.3) is 0 Å². The molecule has 0 fully saturated rings. The van der Waals surface area contributed by atoms with E-state index in [2.05, 4.69) is 15.6 Å². The van der Waals surface area contributed by atoms with Crippen molar-refractivity contribution >= 4 is 11.4 Å². The molecule has 2 aromatic rings. The van der Waals surface area contributed by atoms with Crippen molar-refractivity contribution in [2.45, 2.75) is 19.9 Å². The molecule has 0 aliphatic rings. The van der Waals surface area contributed by atoms with Gasteiger partial charge in [-0.05, 0) is 31.0 Å². The highest BCUT2D eigenvalue weighted by Crippen LogP contribution is 2.16. The fourth-order valence-electron chi connectivity index (χ4n) is 1.58. The van der Waals surface area contributed by atoms with Crippen LogP contribution >= 0.6 is 0 Å². The van der Waals surface area contributed by atoms with Gasteiger partial charge < -0.3 is 11.1 Å².